The number of ether oxygens (including phenoxy) is 1. The molecule has 0 aliphatic heterocycles. The van der Waals surface area contributed by atoms with E-state index in [1.165, 1.54) is 84.2 Å². The molecule has 0 radical (unpaired) electrons. The van der Waals surface area contributed by atoms with Gasteiger partial charge in [0.15, 0.2) is 11.6 Å². The molecule has 0 atom stereocenters. The minimum absolute atomic E-state index is 0.0329. The number of unbranched alkanes of at least 4 members (excludes halogenated alkanes) is 2. The highest BCUT2D eigenvalue weighted by molar-refractivity contribution is 5.85. The Hall–Kier alpha value is -1.64. The molecule has 0 N–H and O–H groups in total. The molecule has 0 spiro atoms. The maximum atomic E-state index is 14.5. The Kier molecular flexibility index (Phi) is 8.66. The highest BCUT2D eigenvalue weighted by Crippen LogP contribution is 2.43. The molecule has 2 aliphatic rings. The van der Waals surface area contributed by atoms with Crippen LogP contribution < -0.4 is 4.74 Å². The molecule has 0 amide bonds. The van der Waals surface area contributed by atoms with Crippen molar-refractivity contribution in [3.63, 3.8) is 0 Å². The third-order valence-electron chi connectivity index (χ3n) is 8.78. The number of hydrogen-bond acceptors (Lipinski definition) is 1. The van der Waals surface area contributed by atoms with Crippen LogP contribution in [0.1, 0.15) is 96.0 Å². The molecular weight excluding hydrogens is 414 g/mol. The van der Waals surface area contributed by atoms with Gasteiger partial charge in [-0.2, -0.15) is 4.39 Å². The highest BCUT2D eigenvalue weighted by atomic mass is 19.2. The molecule has 0 heterocycles. The lowest BCUT2D eigenvalue weighted by Gasteiger charge is -2.38. The molecule has 0 aromatic heterocycles. The molecule has 33 heavy (non-hydrogen) atoms. The zero-order chi connectivity index (χ0) is 23.2. The van der Waals surface area contributed by atoms with Crippen molar-refractivity contribution in [1.29, 1.82) is 0 Å². The topological polar surface area (TPSA) is 9.23 Å². The number of fused-ring (bicyclic) bond motifs is 1. The Labute approximate surface area is 199 Å². The lowest BCUT2D eigenvalue weighted by molar-refractivity contribution is 0.140. The standard InChI is InChI=1S/C30H42F2O/c1-3-4-5-6-21-9-14-24(15-10-21)25-16-11-22(12-17-25)7-8-23-13-18-26-20-28(33-2)30(32)29(31)27(26)19-23/h13,18-22,24-25H,3-12,14-17H2,1-2H3. The second-order valence-corrected chi connectivity index (χ2v) is 10.9. The first-order valence-electron chi connectivity index (χ1n) is 13.5. The molecule has 3 heteroatoms. The predicted octanol–water partition coefficient (Wildman–Crippen LogP) is 9.25. The lowest BCUT2D eigenvalue weighted by atomic mass is 9.68. The van der Waals surface area contributed by atoms with E-state index < -0.39 is 11.6 Å². The highest BCUT2D eigenvalue weighted by Gasteiger charge is 2.30. The largest absolute Gasteiger partial charge is 0.494 e. The molecule has 0 unspecified atom stereocenters. The van der Waals surface area contributed by atoms with Gasteiger partial charge in [0.1, 0.15) is 0 Å². The van der Waals surface area contributed by atoms with E-state index in [2.05, 4.69) is 13.0 Å². The Morgan fingerprint density at radius 2 is 1.42 bits per heavy atom. The lowest BCUT2D eigenvalue weighted by Crippen LogP contribution is -2.26. The maximum Gasteiger partial charge on any atom is 0.201 e. The molecule has 2 fully saturated rings. The first kappa shape index (κ1) is 24.5. The van der Waals surface area contributed by atoms with E-state index in [4.69, 9.17) is 4.74 Å². The van der Waals surface area contributed by atoms with Gasteiger partial charge in [-0.05, 0) is 85.3 Å². The Morgan fingerprint density at radius 1 is 0.788 bits per heavy atom. The quantitative estimate of drug-likeness (QED) is 0.342. The average molecular weight is 457 g/mol. The van der Waals surface area contributed by atoms with Crippen LogP contribution in [0.2, 0.25) is 0 Å². The maximum absolute atomic E-state index is 14.5. The number of halogens is 2. The van der Waals surface area contributed by atoms with Crippen LogP contribution in [-0.2, 0) is 6.42 Å². The van der Waals surface area contributed by atoms with Crippen molar-refractivity contribution in [2.24, 2.45) is 23.7 Å². The molecule has 182 valence electrons. The molecule has 1 nitrogen and oxygen atoms in total. The molecule has 2 saturated carbocycles. The summed E-state index contributed by atoms with van der Waals surface area (Å²) in [6, 6.07) is 7.37. The van der Waals surface area contributed by atoms with Crippen molar-refractivity contribution in [1.82, 2.24) is 0 Å². The van der Waals surface area contributed by atoms with E-state index >= 15 is 0 Å². The van der Waals surface area contributed by atoms with Crippen LogP contribution >= 0.6 is 0 Å². The van der Waals surface area contributed by atoms with Crippen molar-refractivity contribution >= 4 is 10.8 Å². The van der Waals surface area contributed by atoms with Gasteiger partial charge in [-0.3, -0.25) is 0 Å². The zero-order valence-corrected chi connectivity index (χ0v) is 20.7. The van der Waals surface area contributed by atoms with Gasteiger partial charge in [-0.1, -0.05) is 70.4 Å². The summed E-state index contributed by atoms with van der Waals surface area (Å²) in [7, 11) is 1.37. The Bertz CT molecular complexity index is 892. The summed E-state index contributed by atoms with van der Waals surface area (Å²) in [4.78, 5) is 0. The van der Waals surface area contributed by atoms with Crippen LogP contribution in [0.25, 0.3) is 10.8 Å². The van der Waals surface area contributed by atoms with Gasteiger partial charge >= 0.3 is 0 Å². The van der Waals surface area contributed by atoms with Gasteiger partial charge in [0.25, 0.3) is 0 Å². The summed E-state index contributed by atoms with van der Waals surface area (Å²) in [5.41, 5.74) is 1.11. The summed E-state index contributed by atoms with van der Waals surface area (Å²) in [6.45, 7) is 2.30. The fourth-order valence-corrected chi connectivity index (χ4v) is 6.60. The first-order valence-corrected chi connectivity index (χ1v) is 13.5. The summed E-state index contributed by atoms with van der Waals surface area (Å²) < 4.78 is 33.6. The number of benzene rings is 2. The SMILES string of the molecule is CCCCCC1CCC(C2CCC(CCc3ccc4cc(OC)c(F)c(F)c4c3)CC2)CC1. The second-order valence-electron chi connectivity index (χ2n) is 10.9. The summed E-state index contributed by atoms with van der Waals surface area (Å²) in [5, 5.41) is 1.05. The van der Waals surface area contributed by atoms with Crippen molar-refractivity contribution in [3.8, 4) is 5.75 Å². The molecule has 4 rings (SSSR count). The minimum atomic E-state index is -0.893. The van der Waals surface area contributed by atoms with Crippen LogP contribution in [0.5, 0.6) is 5.75 Å². The van der Waals surface area contributed by atoms with Gasteiger partial charge in [-0.15, -0.1) is 0 Å². The smallest absolute Gasteiger partial charge is 0.201 e. The monoisotopic (exact) mass is 456 g/mol. The third-order valence-corrected chi connectivity index (χ3v) is 8.78. The first-order chi connectivity index (χ1) is 16.1. The number of rotatable bonds is 9. The number of hydrogen-bond donors (Lipinski definition) is 0. The molecule has 0 saturated heterocycles. The van der Waals surface area contributed by atoms with Crippen LogP contribution in [0.3, 0.4) is 0 Å². The molecule has 2 aliphatic carbocycles. The van der Waals surface area contributed by atoms with Crippen LogP contribution in [0, 0.1) is 35.3 Å². The van der Waals surface area contributed by atoms with Crippen LogP contribution in [0.4, 0.5) is 8.78 Å². The third kappa shape index (κ3) is 6.08. The Morgan fingerprint density at radius 3 is 2.03 bits per heavy atom. The second kappa shape index (κ2) is 11.7. The summed E-state index contributed by atoms with van der Waals surface area (Å²) in [6.07, 6.45) is 19.1. The summed E-state index contributed by atoms with van der Waals surface area (Å²) in [5.74, 6) is 1.98. The molecular formula is C30H42F2O. The molecule has 0 bridgehead atoms. The van der Waals surface area contributed by atoms with Crippen molar-refractivity contribution < 1.29 is 13.5 Å². The number of methoxy groups -OCH3 is 1. The average Bonchev–Trinajstić information content (AvgIpc) is 2.86. The van der Waals surface area contributed by atoms with Crippen molar-refractivity contribution in [3.05, 3.63) is 41.5 Å². The fourth-order valence-electron chi connectivity index (χ4n) is 6.60. The zero-order valence-electron chi connectivity index (χ0n) is 20.7. The number of aryl methyl sites for hydroxylation is 1. The van der Waals surface area contributed by atoms with Gasteiger partial charge in [-0.25, -0.2) is 4.39 Å². The minimum Gasteiger partial charge on any atom is -0.494 e. The molecule has 2 aromatic carbocycles. The van der Waals surface area contributed by atoms with Crippen LogP contribution in [-0.4, -0.2) is 7.11 Å². The fraction of sp³-hybridized carbons (Fsp3) is 0.667. The predicted molar refractivity (Wildman–Crippen MR) is 134 cm³/mol. The van der Waals surface area contributed by atoms with E-state index in [-0.39, 0.29) is 5.75 Å². The van der Waals surface area contributed by atoms with Gasteiger partial charge in [0.2, 0.25) is 5.82 Å². The van der Waals surface area contributed by atoms with Crippen molar-refractivity contribution in [2.75, 3.05) is 7.11 Å². The van der Waals surface area contributed by atoms with Gasteiger partial charge in [0.05, 0.1) is 7.11 Å². The van der Waals surface area contributed by atoms with E-state index in [1.807, 2.05) is 12.1 Å². The van der Waals surface area contributed by atoms with Crippen LogP contribution in [0.15, 0.2) is 24.3 Å². The van der Waals surface area contributed by atoms with E-state index in [9.17, 15) is 8.78 Å². The Balaban J connectivity index is 1.23. The summed E-state index contributed by atoms with van der Waals surface area (Å²) >= 11 is 0. The molecule has 2 aromatic rings. The van der Waals surface area contributed by atoms with Gasteiger partial charge < -0.3 is 4.74 Å². The van der Waals surface area contributed by atoms with Crippen molar-refractivity contribution in [2.45, 2.75) is 96.8 Å². The van der Waals surface area contributed by atoms with E-state index in [0.29, 0.717) is 10.8 Å². The van der Waals surface area contributed by atoms with E-state index in [1.54, 1.807) is 6.07 Å². The van der Waals surface area contributed by atoms with E-state index in [0.717, 1.165) is 42.1 Å². The van der Waals surface area contributed by atoms with Gasteiger partial charge in [0, 0.05) is 5.39 Å². The normalized spacial score (nSPS) is 25.9.